The Morgan fingerprint density at radius 1 is 1.50 bits per heavy atom. The minimum Gasteiger partial charge on any atom is -0.301 e. The quantitative estimate of drug-likeness (QED) is 0.446. The zero-order valence-corrected chi connectivity index (χ0v) is 7.25. The van der Waals surface area contributed by atoms with Gasteiger partial charge < -0.3 is 4.79 Å². The van der Waals surface area contributed by atoms with Gasteiger partial charge in [-0.15, -0.1) is 5.92 Å². The van der Waals surface area contributed by atoms with Crippen LogP contribution in [0.3, 0.4) is 0 Å². The Labute approximate surface area is 73.9 Å². The van der Waals surface area contributed by atoms with E-state index in [0.717, 1.165) is 19.4 Å². The lowest BCUT2D eigenvalue weighted by atomic mass is 10.3. The monoisotopic (exact) mass is 164 g/mol. The lowest BCUT2D eigenvalue weighted by Gasteiger charge is -2.16. The van der Waals surface area contributed by atoms with Crippen LogP contribution in [0.5, 0.6) is 0 Å². The molecular weight excluding hydrogens is 150 g/mol. The maximum absolute atomic E-state index is 10.6. The van der Waals surface area contributed by atoms with Crippen molar-refractivity contribution in [3.05, 3.63) is 6.92 Å². The van der Waals surface area contributed by atoms with E-state index in [1.165, 1.54) is 12.8 Å². The molecule has 0 aliphatic carbocycles. The van der Waals surface area contributed by atoms with Crippen LogP contribution in [0, 0.1) is 18.8 Å². The molecule has 1 unspecified atom stereocenters. The van der Waals surface area contributed by atoms with Gasteiger partial charge in [0.1, 0.15) is 12.3 Å². The molecule has 0 amide bonds. The number of carbonyl (C=O) groups is 1. The number of likely N-dealkylation sites (tertiary alicyclic amines) is 1. The summed E-state index contributed by atoms with van der Waals surface area (Å²) in [5, 5.41) is 0. The van der Waals surface area contributed by atoms with Gasteiger partial charge in [0.2, 0.25) is 0 Å². The zero-order chi connectivity index (χ0) is 8.81. The smallest absolute Gasteiger partial charge is 0.149 e. The summed E-state index contributed by atoms with van der Waals surface area (Å²) in [6.45, 7) is 5.63. The van der Waals surface area contributed by atoms with Crippen LogP contribution in [0.4, 0.5) is 0 Å². The fourth-order valence-corrected chi connectivity index (χ4v) is 1.41. The lowest BCUT2D eigenvalue weighted by Crippen LogP contribution is -2.32. The van der Waals surface area contributed by atoms with Crippen molar-refractivity contribution >= 4 is 6.29 Å². The van der Waals surface area contributed by atoms with Crippen molar-refractivity contribution in [2.24, 2.45) is 0 Å². The van der Waals surface area contributed by atoms with Gasteiger partial charge in [-0.05, 0) is 32.9 Å². The van der Waals surface area contributed by atoms with Crippen molar-refractivity contribution in [3.63, 3.8) is 0 Å². The molecular formula is C10H14NO. The summed E-state index contributed by atoms with van der Waals surface area (Å²) in [6, 6.07) is -0.186. The van der Waals surface area contributed by atoms with Crippen LogP contribution in [0.25, 0.3) is 0 Å². The van der Waals surface area contributed by atoms with E-state index in [2.05, 4.69) is 23.7 Å². The van der Waals surface area contributed by atoms with E-state index in [-0.39, 0.29) is 6.04 Å². The molecule has 0 bridgehead atoms. The third-order valence-electron chi connectivity index (χ3n) is 2.04. The van der Waals surface area contributed by atoms with Gasteiger partial charge in [-0.2, -0.15) is 0 Å². The molecule has 1 heterocycles. The van der Waals surface area contributed by atoms with Crippen molar-refractivity contribution in [1.29, 1.82) is 0 Å². The van der Waals surface area contributed by atoms with Crippen LogP contribution in [-0.2, 0) is 4.79 Å². The predicted octanol–water partition coefficient (Wildman–Crippen LogP) is 0.877. The molecule has 2 heteroatoms. The van der Waals surface area contributed by atoms with E-state index < -0.39 is 0 Å². The molecule has 0 aromatic carbocycles. The molecule has 0 N–H and O–H groups in total. The number of rotatable bonds is 2. The van der Waals surface area contributed by atoms with Crippen molar-refractivity contribution < 1.29 is 4.79 Å². The van der Waals surface area contributed by atoms with Crippen LogP contribution >= 0.6 is 0 Å². The fraction of sp³-hybridized carbons (Fsp3) is 0.600. The molecule has 0 aromatic heterocycles. The minimum atomic E-state index is -0.186. The van der Waals surface area contributed by atoms with Gasteiger partial charge in [-0.3, -0.25) is 4.90 Å². The second-order valence-corrected chi connectivity index (χ2v) is 2.90. The molecule has 0 aromatic rings. The van der Waals surface area contributed by atoms with Gasteiger partial charge in [-0.1, -0.05) is 5.92 Å². The molecule has 1 rings (SSSR count). The van der Waals surface area contributed by atoms with E-state index in [1.807, 2.05) is 0 Å². The summed E-state index contributed by atoms with van der Waals surface area (Å²) < 4.78 is 0. The molecule has 1 saturated heterocycles. The molecule has 1 aliphatic heterocycles. The maximum Gasteiger partial charge on any atom is 0.149 e. The molecule has 0 saturated carbocycles. The molecule has 1 fully saturated rings. The normalized spacial score (nSPS) is 19.8. The van der Waals surface area contributed by atoms with Gasteiger partial charge in [0.15, 0.2) is 0 Å². The van der Waals surface area contributed by atoms with E-state index >= 15 is 0 Å². The highest BCUT2D eigenvalue weighted by atomic mass is 16.1. The topological polar surface area (TPSA) is 20.3 Å². The summed E-state index contributed by atoms with van der Waals surface area (Å²) in [4.78, 5) is 12.8. The van der Waals surface area contributed by atoms with Crippen LogP contribution < -0.4 is 0 Å². The molecule has 1 aliphatic rings. The highest BCUT2D eigenvalue weighted by molar-refractivity contribution is 5.63. The average molecular weight is 164 g/mol. The summed E-state index contributed by atoms with van der Waals surface area (Å²) in [6.07, 6.45) is 3.89. The van der Waals surface area contributed by atoms with Gasteiger partial charge >= 0.3 is 0 Å². The number of hydrogen-bond donors (Lipinski definition) is 0. The number of nitrogens with zero attached hydrogens (tertiary/aromatic N) is 1. The van der Waals surface area contributed by atoms with Crippen molar-refractivity contribution in [1.82, 2.24) is 4.90 Å². The number of carbonyl (C=O) groups excluding carboxylic acids is 1. The SMILES string of the molecule is [CH2]CC#CC(C=O)N1CCCC1. The van der Waals surface area contributed by atoms with Gasteiger partial charge in [0.05, 0.1) is 0 Å². The van der Waals surface area contributed by atoms with Gasteiger partial charge in [0.25, 0.3) is 0 Å². The zero-order valence-electron chi connectivity index (χ0n) is 7.25. The number of aldehydes is 1. The molecule has 1 atom stereocenters. The van der Waals surface area contributed by atoms with E-state index in [1.54, 1.807) is 0 Å². The second-order valence-electron chi connectivity index (χ2n) is 2.90. The van der Waals surface area contributed by atoms with Gasteiger partial charge in [0, 0.05) is 6.42 Å². The molecule has 2 nitrogen and oxygen atoms in total. The number of hydrogen-bond acceptors (Lipinski definition) is 2. The van der Waals surface area contributed by atoms with Crippen LogP contribution in [0.1, 0.15) is 19.3 Å². The molecule has 1 radical (unpaired) electrons. The Balaban J connectivity index is 2.48. The Morgan fingerprint density at radius 2 is 2.17 bits per heavy atom. The summed E-state index contributed by atoms with van der Waals surface area (Å²) in [5.41, 5.74) is 0. The first-order valence-corrected chi connectivity index (χ1v) is 4.35. The highest BCUT2D eigenvalue weighted by Crippen LogP contribution is 2.09. The molecule has 0 spiro atoms. The fourth-order valence-electron chi connectivity index (χ4n) is 1.41. The first-order valence-electron chi connectivity index (χ1n) is 4.35. The Morgan fingerprint density at radius 3 is 2.67 bits per heavy atom. The van der Waals surface area contributed by atoms with Crippen molar-refractivity contribution in [3.8, 4) is 11.8 Å². The third-order valence-corrected chi connectivity index (χ3v) is 2.04. The first-order chi connectivity index (χ1) is 5.88. The van der Waals surface area contributed by atoms with Crippen molar-refractivity contribution in [2.45, 2.75) is 25.3 Å². The predicted molar refractivity (Wildman–Crippen MR) is 48.4 cm³/mol. The summed E-state index contributed by atoms with van der Waals surface area (Å²) in [5.74, 6) is 5.75. The lowest BCUT2D eigenvalue weighted by molar-refractivity contribution is -0.110. The molecule has 12 heavy (non-hydrogen) atoms. The van der Waals surface area contributed by atoms with Crippen LogP contribution in [-0.4, -0.2) is 30.3 Å². The standard InChI is InChI=1S/C10H14NO/c1-2-3-6-10(9-12)11-7-4-5-8-11/h9-10H,1-2,4-5,7-8H2. The minimum absolute atomic E-state index is 0.186. The third kappa shape index (κ3) is 2.35. The average Bonchev–Trinajstić information content (AvgIpc) is 2.59. The van der Waals surface area contributed by atoms with Crippen LogP contribution in [0.15, 0.2) is 0 Å². The summed E-state index contributed by atoms with van der Waals surface area (Å²) >= 11 is 0. The maximum atomic E-state index is 10.6. The largest absolute Gasteiger partial charge is 0.301 e. The van der Waals surface area contributed by atoms with E-state index in [4.69, 9.17) is 0 Å². The Kier molecular flexibility index (Phi) is 3.83. The highest BCUT2D eigenvalue weighted by Gasteiger charge is 2.18. The van der Waals surface area contributed by atoms with E-state index in [0.29, 0.717) is 6.42 Å². The molecule has 65 valence electrons. The van der Waals surface area contributed by atoms with Gasteiger partial charge in [-0.25, -0.2) is 0 Å². The van der Waals surface area contributed by atoms with E-state index in [9.17, 15) is 4.79 Å². The Bertz CT molecular complexity index is 196. The second kappa shape index (κ2) is 4.95. The Hall–Kier alpha value is -0.810. The first kappa shape index (κ1) is 9.28. The van der Waals surface area contributed by atoms with Crippen LogP contribution in [0.2, 0.25) is 0 Å². The summed E-state index contributed by atoms with van der Waals surface area (Å²) in [7, 11) is 0. The van der Waals surface area contributed by atoms with Crippen molar-refractivity contribution in [2.75, 3.05) is 13.1 Å².